The van der Waals surface area contributed by atoms with Crippen molar-refractivity contribution in [2.24, 2.45) is 5.92 Å². The zero-order chi connectivity index (χ0) is 13.1. The molecule has 3 nitrogen and oxygen atoms in total. The second-order valence-corrected chi connectivity index (χ2v) is 5.25. The molecule has 0 aromatic heterocycles. The molecule has 1 saturated carbocycles. The lowest BCUT2D eigenvalue weighted by Crippen LogP contribution is -2.41. The number of nitrogens with one attached hydrogen (secondary N) is 1. The molecule has 0 amide bonds. The van der Waals surface area contributed by atoms with Crippen LogP contribution in [0.2, 0.25) is 0 Å². The van der Waals surface area contributed by atoms with E-state index < -0.39 is 0 Å². The van der Waals surface area contributed by atoms with Gasteiger partial charge in [0.15, 0.2) is 0 Å². The quantitative estimate of drug-likeness (QED) is 0.610. The molecule has 1 fully saturated rings. The van der Waals surface area contributed by atoms with Crippen molar-refractivity contribution in [3.63, 3.8) is 0 Å². The predicted octanol–water partition coefficient (Wildman–Crippen LogP) is 2.99. The third-order valence-corrected chi connectivity index (χ3v) is 3.70. The highest BCUT2D eigenvalue weighted by Gasteiger charge is 2.22. The Kier molecular flexibility index (Phi) is 9.54. The number of hydrogen-bond donors (Lipinski definition) is 1. The van der Waals surface area contributed by atoms with Crippen LogP contribution < -0.4 is 5.32 Å². The van der Waals surface area contributed by atoms with Crippen molar-refractivity contribution >= 4 is 0 Å². The molecule has 1 rings (SSSR count). The first-order valence-corrected chi connectivity index (χ1v) is 7.77. The number of rotatable bonds is 10. The molecule has 0 aromatic carbocycles. The molecule has 0 aliphatic heterocycles. The summed E-state index contributed by atoms with van der Waals surface area (Å²) in [7, 11) is 0. The minimum absolute atomic E-state index is 0.543. The Bertz CT molecular complexity index is 181. The maximum atomic E-state index is 5.76. The highest BCUT2D eigenvalue weighted by atomic mass is 16.5. The minimum Gasteiger partial charge on any atom is -0.379 e. The summed E-state index contributed by atoms with van der Waals surface area (Å²) in [5, 5.41) is 3.59. The Morgan fingerprint density at radius 3 is 2.39 bits per heavy atom. The summed E-state index contributed by atoms with van der Waals surface area (Å²) in [5.74, 6) is 0.815. The van der Waals surface area contributed by atoms with Crippen LogP contribution in [0.3, 0.4) is 0 Å². The van der Waals surface area contributed by atoms with Crippen molar-refractivity contribution in [2.75, 3.05) is 33.0 Å². The van der Waals surface area contributed by atoms with Crippen LogP contribution in [0.25, 0.3) is 0 Å². The molecular weight excluding hydrogens is 226 g/mol. The smallest absolute Gasteiger partial charge is 0.0701 e. The van der Waals surface area contributed by atoms with Gasteiger partial charge in [0, 0.05) is 12.6 Å². The predicted molar refractivity (Wildman–Crippen MR) is 76.0 cm³/mol. The largest absolute Gasteiger partial charge is 0.379 e. The molecule has 108 valence electrons. The fraction of sp³-hybridized carbons (Fsp3) is 1.00. The van der Waals surface area contributed by atoms with Crippen LogP contribution in [0, 0.1) is 5.92 Å². The standard InChI is InChI=1S/C15H31NO2/c1-3-10-17-11-12-18-13-15(16-4-2)14-8-6-5-7-9-14/h14-16H,3-13H2,1-2H3. The maximum absolute atomic E-state index is 5.76. The molecule has 18 heavy (non-hydrogen) atoms. The van der Waals surface area contributed by atoms with Crippen molar-refractivity contribution in [3.05, 3.63) is 0 Å². The van der Waals surface area contributed by atoms with Gasteiger partial charge in [-0.25, -0.2) is 0 Å². The topological polar surface area (TPSA) is 30.5 Å². The Labute approximate surface area is 113 Å². The average molecular weight is 257 g/mol. The van der Waals surface area contributed by atoms with E-state index in [0.717, 1.165) is 45.3 Å². The van der Waals surface area contributed by atoms with Crippen LogP contribution in [-0.2, 0) is 9.47 Å². The zero-order valence-corrected chi connectivity index (χ0v) is 12.2. The Morgan fingerprint density at radius 1 is 1.00 bits per heavy atom. The summed E-state index contributed by atoms with van der Waals surface area (Å²) in [6, 6.07) is 0.543. The van der Waals surface area contributed by atoms with Crippen molar-refractivity contribution in [1.82, 2.24) is 5.32 Å². The molecule has 1 unspecified atom stereocenters. The maximum Gasteiger partial charge on any atom is 0.0701 e. The zero-order valence-electron chi connectivity index (χ0n) is 12.2. The van der Waals surface area contributed by atoms with E-state index >= 15 is 0 Å². The Balaban J connectivity index is 2.12. The molecule has 0 spiro atoms. The normalized spacial score (nSPS) is 19.0. The van der Waals surface area contributed by atoms with E-state index in [1.807, 2.05) is 0 Å². The number of likely N-dealkylation sites (N-methyl/N-ethyl adjacent to an activating group) is 1. The van der Waals surface area contributed by atoms with E-state index in [0.29, 0.717) is 6.04 Å². The van der Waals surface area contributed by atoms with Gasteiger partial charge in [-0.2, -0.15) is 0 Å². The first-order valence-electron chi connectivity index (χ1n) is 7.77. The van der Waals surface area contributed by atoms with Crippen LogP contribution in [0.15, 0.2) is 0 Å². The molecule has 1 N–H and O–H groups in total. The van der Waals surface area contributed by atoms with E-state index in [1.54, 1.807) is 0 Å². The summed E-state index contributed by atoms with van der Waals surface area (Å²) >= 11 is 0. The van der Waals surface area contributed by atoms with Crippen molar-refractivity contribution in [3.8, 4) is 0 Å². The summed E-state index contributed by atoms with van der Waals surface area (Å²) in [6.45, 7) is 8.50. The van der Waals surface area contributed by atoms with Gasteiger partial charge in [0.25, 0.3) is 0 Å². The van der Waals surface area contributed by atoms with Crippen molar-refractivity contribution < 1.29 is 9.47 Å². The third-order valence-electron chi connectivity index (χ3n) is 3.70. The lowest BCUT2D eigenvalue weighted by Gasteiger charge is -2.30. The van der Waals surface area contributed by atoms with Gasteiger partial charge >= 0.3 is 0 Å². The van der Waals surface area contributed by atoms with Gasteiger partial charge < -0.3 is 14.8 Å². The van der Waals surface area contributed by atoms with E-state index in [2.05, 4.69) is 19.2 Å². The van der Waals surface area contributed by atoms with Crippen LogP contribution in [-0.4, -0.2) is 39.0 Å². The van der Waals surface area contributed by atoms with Crippen LogP contribution in [0.5, 0.6) is 0 Å². The van der Waals surface area contributed by atoms with E-state index in [-0.39, 0.29) is 0 Å². The molecule has 3 heteroatoms. The van der Waals surface area contributed by atoms with Gasteiger partial charge in [0.2, 0.25) is 0 Å². The number of hydrogen-bond acceptors (Lipinski definition) is 3. The van der Waals surface area contributed by atoms with Gasteiger partial charge in [0.1, 0.15) is 0 Å². The minimum atomic E-state index is 0.543. The van der Waals surface area contributed by atoms with Gasteiger partial charge in [0.05, 0.1) is 19.8 Å². The van der Waals surface area contributed by atoms with E-state index in [4.69, 9.17) is 9.47 Å². The second-order valence-electron chi connectivity index (χ2n) is 5.25. The lowest BCUT2D eigenvalue weighted by atomic mass is 9.84. The number of ether oxygens (including phenoxy) is 2. The van der Waals surface area contributed by atoms with Gasteiger partial charge in [-0.05, 0) is 31.7 Å². The van der Waals surface area contributed by atoms with E-state index in [9.17, 15) is 0 Å². The molecule has 0 aromatic rings. The molecule has 1 atom stereocenters. The first-order chi connectivity index (χ1) is 8.88. The van der Waals surface area contributed by atoms with Crippen LogP contribution >= 0.6 is 0 Å². The third kappa shape index (κ3) is 6.72. The monoisotopic (exact) mass is 257 g/mol. The summed E-state index contributed by atoms with van der Waals surface area (Å²) in [6.07, 6.45) is 8.03. The first kappa shape index (κ1) is 15.9. The van der Waals surface area contributed by atoms with Gasteiger partial charge in [-0.1, -0.05) is 33.1 Å². The van der Waals surface area contributed by atoms with Crippen LogP contribution in [0.4, 0.5) is 0 Å². The van der Waals surface area contributed by atoms with Gasteiger partial charge in [-0.3, -0.25) is 0 Å². The molecule has 1 aliphatic rings. The van der Waals surface area contributed by atoms with Crippen LogP contribution in [0.1, 0.15) is 52.4 Å². The second kappa shape index (κ2) is 10.8. The molecule has 0 heterocycles. The molecule has 0 bridgehead atoms. The van der Waals surface area contributed by atoms with Crippen molar-refractivity contribution in [1.29, 1.82) is 0 Å². The Hall–Kier alpha value is -0.120. The lowest BCUT2D eigenvalue weighted by molar-refractivity contribution is 0.0296. The summed E-state index contributed by atoms with van der Waals surface area (Å²) < 4.78 is 11.2. The van der Waals surface area contributed by atoms with Crippen molar-refractivity contribution in [2.45, 2.75) is 58.4 Å². The van der Waals surface area contributed by atoms with E-state index in [1.165, 1.54) is 32.1 Å². The Morgan fingerprint density at radius 2 is 1.72 bits per heavy atom. The fourth-order valence-electron chi connectivity index (χ4n) is 2.73. The fourth-order valence-corrected chi connectivity index (χ4v) is 2.73. The molecule has 1 aliphatic carbocycles. The highest BCUT2D eigenvalue weighted by Crippen LogP contribution is 2.26. The van der Waals surface area contributed by atoms with Gasteiger partial charge in [-0.15, -0.1) is 0 Å². The summed E-state index contributed by atoms with van der Waals surface area (Å²) in [4.78, 5) is 0. The average Bonchev–Trinajstić information content (AvgIpc) is 2.42. The molecular formula is C15H31NO2. The summed E-state index contributed by atoms with van der Waals surface area (Å²) in [5.41, 5.74) is 0. The molecule has 0 radical (unpaired) electrons. The SMILES string of the molecule is CCCOCCOCC(NCC)C1CCCCC1. The molecule has 0 saturated heterocycles. The highest BCUT2D eigenvalue weighted by molar-refractivity contribution is 4.78.